The molecule has 2 heterocycles. The Hall–Kier alpha value is -2.77. The monoisotopic (exact) mass is 369 g/mol. The third-order valence-electron chi connectivity index (χ3n) is 5.37. The van der Waals surface area contributed by atoms with E-state index in [0.29, 0.717) is 36.5 Å². The average Bonchev–Trinajstić information content (AvgIpc) is 3.04. The number of piperazine rings is 1. The van der Waals surface area contributed by atoms with Gasteiger partial charge in [0.1, 0.15) is 12.3 Å². The van der Waals surface area contributed by atoms with Crippen LogP contribution < -0.4 is 4.90 Å². The number of aliphatic hydroxyl groups excluding tert-OH is 1. The maximum absolute atomic E-state index is 13.1. The van der Waals surface area contributed by atoms with Crippen LogP contribution in [0.3, 0.4) is 0 Å². The highest BCUT2D eigenvalue weighted by Crippen LogP contribution is 2.33. The van der Waals surface area contributed by atoms with Crippen LogP contribution in [-0.4, -0.2) is 66.8 Å². The van der Waals surface area contributed by atoms with Crippen LogP contribution in [-0.2, 0) is 0 Å². The number of amides is 1. The van der Waals surface area contributed by atoms with Crippen molar-refractivity contribution in [1.29, 1.82) is 0 Å². The van der Waals surface area contributed by atoms with Crippen molar-refractivity contribution in [3.05, 3.63) is 58.0 Å². The molecule has 1 aromatic heterocycles. The Balaban J connectivity index is 1.68. The highest BCUT2D eigenvalue weighted by atomic mass is 16.4. The molecule has 1 aliphatic heterocycles. The molecule has 0 atom stereocenters. The second-order valence-electron chi connectivity index (χ2n) is 6.96. The first-order valence-electron chi connectivity index (χ1n) is 9.08. The van der Waals surface area contributed by atoms with Crippen LogP contribution in [0.5, 0.6) is 0 Å². The van der Waals surface area contributed by atoms with Gasteiger partial charge in [-0.1, -0.05) is 24.3 Å². The predicted molar refractivity (Wildman–Crippen MR) is 95.3 cm³/mol. The molecule has 2 aliphatic rings. The number of hydrogen-bond acceptors (Lipinski definition) is 5. The third-order valence-corrected chi connectivity index (χ3v) is 5.37. The van der Waals surface area contributed by atoms with E-state index in [4.69, 9.17) is 9.52 Å². The van der Waals surface area contributed by atoms with E-state index in [2.05, 4.69) is 0 Å². The molecule has 0 radical (unpaired) electrons. The molecular formula is C20H21N2O5+. The highest BCUT2D eigenvalue weighted by molar-refractivity contribution is 6.30. The number of hydrogen-bond donors (Lipinski definition) is 2. The molecule has 0 spiro atoms. The topological polar surface area (TPSA) is 92.3 Å². The van der Waals surface area contributed by atoms with Crippen LogP contribution in [0.4, 0.5) is 0 Å². The van der Waals surface area contributed by atoms with Crippen molar-refractivity contribution < 1.29 is 28.8 Å². The molecule has 2 N–H and O–H groups in total. The normalized spacial score (nSPS) is 17.0. The first kappa shape index (κ1) is 17.6. The lowest BCUT2D eigenvalue weighted by Gasteiger charge is -2.32. The van der Waals surface area contributed by atoms with E-state index in [0.717, 1.165) is 13.1 Å². The van der Waals surface area contributed by atoms with E-state index >= 15 is 0 Å². The fraction of sp³-hybridized carbons (Fsp3) is 0.350. The molecular weight excluding hydrogens is 348 g/mol. The number of aliphatic hydroxyl groups is 1. The van der Waals surface area contributed by atoms with Crippen molar-refractivity contribution in [1.82, 2.24) is 4.90 Å². The molecule has 140 valence electrons. The van der Waals surface area contributed by atoms with Crippen LogP contribution in [0.15, 0.2) is 28.7 Å². The molecule has 27 heavy (non-hydrogen) atoms. The Morgan fingerprint density at radius 2 is 1.78 bits per heavy atom. The second-order valence-corrected chi connectivity index (χ2v) is 6.96. The minimum atomic E-state index is -0.362. The second kappa shape index (κ2) is 6.75. The van der Waals surface area contributed by atoms with Gasteiger partial charge in [0, 0.05) is 11.1 Å². The van der Waals surface area contributed by atoms with E-state index in [1.54, 1.807) is 36.1 Å². The van der Waals surface area contributed by atoms with Crippen molar-refractivity contribution in [2.45, 2.75) is 6.92 Å². The van der Waals surface area contributed by atoms with E-state index < -0.39 is 0 Å². The van der Waals surface area contributed by atoms with Gasteiger partial charge in [-0.25, -0.2) is 0 Å². The van der Waals surface area contributed by atoms with Crippen molar-refractivity contribution in [2.24, 2.45) is 0 Å². The summed E-state index contributed by atoms with van der Waals surface area (Å²) in [7, 11) is 0. The molecule has 0 saturated carbocycles. The fourth-order valence-corrected chi connectivity index (χ4v) is 3.91. The number of quaternary nitrogens is 1. The summed E-state index contributed by atoms with van der Waals surface area (Å²) in [4.78, 5) is 41.8. The summed E-state index contributed by atoms with van der Waals surface area (Å²) in [6.45, 7) is 4.93. The van der Waals surface area contributed by atoms with E-state index in [1.807, 2.05) is 0 Å². The lowest BCUT2D eigenvalue weighted by atomic mass is 9.86. The number of aryl methyl sites for hydroxylation is 1. The van der Waals surface area contributed by atoms with Crippen LogP contribution in [0.2, 0.25) is 0 Å². The molecule has 0 unspecified atom stereocenters. The number of ketones is 2. The summed E-state index contributed by atoms with van der Waals surface area (Å²) in [5.41, 5.74) is 0.904. The van der Waals surface area contributed by atoms with Crippen molar-refractivity contribution in [3.8, 4) is 0 Å². The fourth-order valence-electron chi connectivity index (χ4n) is 3.91. The number of carbonyl (C=O) groups excluding carboxylic acids is 3. The molecule has 4 rings (SSSR count). The van der Waals surface area contributed by atoms with Crippen LogP contribution in [0.1, 0.15) is 48.2 Å². The number of carbonyl (C=O) groups is 3. The van der Waals surface area contributed by atoms with Crippen LogP contribution in [0, 0.1) is 6.92 Å². The molecule has 1 saturated heterocycles. The number of nitrogens with zero attached hydrogens (tertiary/aromatic N) is 1. The Morgan fingerprint density at radius 3 is 2.41 bits per heavy atom. The largest absolute Gasteiger partial charge is 0.456 e. The SMILES string of the molecule is Cc1oc2c(c1C(=O)N1CC[NH+](CCO)CC1)C(=O)c1ccccc1C2=O. The lowest BCUT2D eigenvalue weighted by Crippen LogP contribution is -3.15. The number of rotatable bonds is 3. The van der Waals surface area contributed by atoms with Crippen LogP contribution >= 0.6 is 0 Å². The average molecular weight is 369 g/mol. The number of fused-ring (bicyclic) bond motifs is 2. The molecule has 1 aromatic carbocycles. The zero-order chi connectivity index (χ0) is 19.1. The van der Waals surface area contributed by atoms with Gasteiger partial charge in [-0.2, -0.15) is 0 Å². The highest BCUT2D eigenvalue weighted by Gasteiger charge is 2.39. The minimum Gasteiger partial charge on any atom is -0.456 e. The van der Waals surface area contributed by atoms with Crippen LogP contribution in [0.25, 0.3) is 0 Å². The Labute approximate surface area is 156 Å². The van der Waals surface area contributed by atoms with Gasteiger partial charge in [-0.15, -0.1) is 0 Å². The Bertz CT molecular complexity index is 938. The van der Waals surface area contributed by atoms with E-state index in [-0.39, 0.29) is 41.0 Å². The summed E-state index contributed by atoms with van der Waals surface area (Å²) >= 11 is 0. The van der Waals surface area contributed by atoms with Crippen molar-refractivity contribution in [2.75, 3.05) is 39.3 Å². The molecule has 0 bridgehead atoms. The van der Waals surface area contributed by atoms with Gasteiger partial charge in [0.15, 0.2) is 11.5 Å². The predicted octanol–water partition coefficient (Wildman–Crippen LogP) is -0.304. The van der Waals surface area contributed by atoms with E-state index in [9.17, 15) is 14.4 Å². The van der Waals surface area contributed by atoms with Gasteiger partial charge in [-0.05, 0) is 6.92 Å². The smallest absolute Gasteiger partial charge is 0.258 e. The first-order valence-corrected chi connectivity index (χ1v) is 9.08. The quantitative estimate of drug-likeness (QED) is 0.661. The van der Waals surface area contributed by atoms with Gasteiger partial charge >= 0.3 is 0 Å². The standard InChI is InChI=1S/C20H20N2O5/c1-12-15(20(26)22-8-6-21(7-9-22)10-11-23)16-17(24)13-4-2-3-5-14(13)18(25)19(16)27-12/h2-5,23H,6-11H2,1H3/p+1. The molecule has 1 fully saturated rings. The third kappa shape index (κ3) is 2.79. The summed E-state index contributed by atoms with van der Waals surface area (Å²) < 4.78 is 5.59. The summed E-state index contributed by atoms with van der Waals surface area (Å²) in [6, 6.07) is 6.60. The molecule has 1 aliphatic carbocycles. The van der Waals surface area contributed by atoms with E-state index in [1.165, 1.54) is 4.90 Å². The van der Waals surface area contributed by atoms with Gasteiger partial charge in [0.2, 0.25) is 5.78 Å². The number of nitrogens with one attached hydrogen (secondary N) is 1. The molecule has 7 nitrogen and oxygen atoms in total. The number of furan rings is 1. The summed E-state index contributed by atoms with van der Waals surface area (Å²) in [5.74, 6) is -0.723. The summed E-state index contributed by atoms with van der Waals surface area (Å²) in [5, 5.41) is 9.06. The van der Waals surface area contributed by atoms with Crippen molar-refractivity contribution in [3.63, 3.8) is 0 Å². The maximum atomic E-state index is 13.1. The Morgan fingerprint density at radius 1 is 1.15 bits per heavy atom. The van der Waals surface area contributed by atoms with Gasteiger partial charge in [0.25, 0.3) is 5.91 Å². The van der Waals surface area contributed by atoms with Gasteiger partial charge in [-0.3, -0.25) is 14.4 Å². The first-order chi connectivity index (χ1) is 13.0. The summed E-state index contributed by atoms with van der Waals surface area (Å²) in [6.07, 6.45) is 0. The number of benzene rings is 1. The lowest BCUT2D eigenvalue weighted by molar-refractivity contribution is -0.904. The van der Waals surface area contributed by atoms with Gasteiger partial charge in [0.05, 0.1) is 43.9 Å². The maximum Gasteiger partial charge on any atom is 0.258 e. The molecule has 7 heteroatoms. The minimum absolute atomic E-state index is 0.0379. The zero-order valence-corrected chi connectivity index (χ0v) is 15.1. The zero-order valence-electron chi connectivity index (χ0n) is 15.1. The molecule has 1 amide bonds. The Kier molecular flexibility index (Phi) is 4.41. The van der Waals surface area contributed by atoms with Crippen molar-refractivity contribution >= 4 is 17.5 Å². The van der Waals surface area contributed by atoms with Gasteiger partial charge < -0.3 is 19.3 Å². The molecule has 2 aromatic rings.